The molecule has 0 bridgehead atoms. The van der Waals surface area contributed by atoms with E-state index in [-0.39, 0.29) is 18.1 Å². The molecule has 0 radical (unpaired) electrons. The molecule has 0 saturated carbocycles. The van der Waals surface area contributed by atoms with Crippen molar-refractivity contribution >= 4 is 21.8 Å². The third kappa shape index (κ3) is 4.28. The fourth-order valence-corrected chi connectivity index (χ4v) is 1.65. The van der Waals surface area contributed by atoms with Crippen LogP contribution in [0.25, 0.3) is 0 Å². The summed E-state index contributed by atoms with van der Waals surface area (Å²) in [6, 6.07) is 4.57. The first-order valence-corrected chi connectivity index (χ1v) is 5.78. The monoisotopic (exact) mass is 288 g/mol. The Bertz CT molecular complexity index is 371. The summed E-state index contributed by atoms with van der Waals surface area (Å²) in [5.74, 6) is -0.381. The molecule has 0 atom stereocenters. The molecule has 1 aromatic rings. The molecule has 0 fully saturated rings. The van der Waals surface area contributed by atoms with Gasteiger partial charge in [-0.05, 0) is 40.7 Å². The van der Waals surface area contributed by atoms with Gasteiger partial charge in [-0.15, -0.1) is 0 Å². The summed E-state index contributed by atoms with van der Waals surface area (Å²) in [4.78, 5) is 11.4. The molecule has 1 rings (SSSR count). The molecule has 3 nitrogen and oxygen atoms in total. The summed E-state index contributed by atoms with van der Waals surface area (Å²) < 4.78 is 13.3. The second kappa shape index (κ2) is 6.60. The predicted octanol–water partition coefficient (Wildman–Crippen LogP) is 1.47. The van der Waals surface area contributed by atoms with E-state index in [0.29, 0.717) is 11.0 Å². The Hall–Kier alpha value is -0.940. The Morgan fingerprint density at radius 3 is 2.81 bits per heavy atom. The van der Waals surface area contributed by atoms with Crippen LogP contribution in [0.15, 0.2) is 22.7 Å². The van der Waals surface area contributed by atoms with Gasteiger partial charge in [-0.1, -0.05) is 6.07 Å². The Morgan fingerprint density at radius 2 is 2.19 bits per heavy atom. The predicted molar refractivity (Wildman–Crippen MR) is 64.7 cm³/mol. The fraction of sp³-hybridized carbons (Fsp3) is 0.364. The molecule has 0 spiro atoms. The van der Waals surface area contributed by atoms with Gasteiger partial charge >= 0.3 is 0 Å². The molecular weight excluding hydrogens is 275 g/mol. The van der Waals surface area contributed by atoms with Crippen LogP contribution in [-0.2, 0) is 11.2 Å². The molecule has 1 aromatic carbocycles. The van der Waals surface area contributed by atoms with Crippen molar-refractivity contribution in [2.45, 2.75) is 6.42 Å². The van der Waals surface area contributed by atoms with Crippen molar-refractivity contribution in [3.63, 3.8) is 0 Å². The number of carbonyl (C=O) groups excluding carboxylic acids is 1. The first-order valence-electron chi connectivity index (χ1n) is 4.98. The van der Waals surface area contributed by atoms with Gasteiger partial charge in [0.2, 0.25) is 5.91 Å². The van der Waals surface area contributed by atoms with Crippen LogP contribution in [0.3, 0.4) is 0 Å². The molecule has 16 heavy (non-hydrogen) atoms. The van der Waals surface area contributed by atoms with E-state index in [1.165, 1.54) is 6.07 Å². The lowest BCUT2D eigenvalue weighted by molar-refractivity contribution is -0.120. The highest BCUT2D eigenvalue weighted by Crippen LogP contribution is 2.16. The first kappa shape index (κ1) is 13.1. The van der Waals surface area contributed by atoms with Gasteiger partial charge in [-0.25, -0.2) is 4.39 Å². The second-order valence-electron chi connectivity index (χ2n) is 3.38. The highest BCUT2D eigenvalue weighted by molar-refractivity contribution is 9.10. The molecule has 2 N–H and O–H groups in total. The maximum atomic E-state index is 12.9. The van der Waals surface area contributed by atoms with Gasteiger partial charge in [0.15, 0.2) is 0 Å². The summed E-state index contributed by atoms with van der Waals surface area (Å²) in [5, 5.41) is 5.69. The standard InChI is InChI=1S/C11H14BrFN2O/c1-14-4-5-15-11(16)7-8-2-3-10(13)9(12)6-8/h2-3,6,14H,4-5,7H2,1H3,(H,15,16). The Morgan fingerprint density at radius 1 is 1.44 bits per heavy atom. The van der Waals surface area contributed by atoms with Gasteiger partial charge in [-0.3, -0.25) is 4.79 Å². The van der Waals surface area contributed by atoms with Crippen LogP contribution in [0.4, 0.5) is 4.39 Å². The van der Waals surface area contributed by atoms with Crippen LogP contribution in [0.1, 0.15) is 5.56 Å². The SMILES string of the molecule is CNCCNC(=O)Cc1ccc(F)c(Br)c1. The number of hydrogen-bond donors (Lipinski definition) is 2. The Labute approximate surface area is 103 Å². The number of hydrogen-bond acceptors (Lipinski definition) is 2. The number of carbonyl (C=O) groups is 1. The largest absolute Gasteiger partial charge is 0.355 e. The average molecular weight is 289 g/mol. The minimum absolute atomic E-state index is 0.0613. The normalized spacial score (nSPS) is 10.2. The molecule has 0 aliphatic rings. The average Bonchev–Trinajstić information content (AvgIpc) is 2.24. The number of likely N-dealkylation sites (N-methyl/N-ethyl adjacent to an activating group) is 1. The van der Waals surface area contributed by atoms with E-state index in [0.717, 1.165) is 12.1 Å². The van der Waals surface area contributed by atoms with Crippen molar-refractivity contribution in [2.24, 2.45) is 0 Å². The summed E-state index contributed by atoms with van der Waals surface area (Å²) in [5.41, 5.74) is 0.787. The van der Waals surface area contributed by atoms with Gasteiger partial charge in [0.25, 0.3) is 0 Å². The van der Waals surface area contributed by atoms with Crippen LogP contribution in [0.2, 0.25) is 0 Å². The van der Waals surface area contributed by atoms with Gasteiger partial charge in [0.1, 0.15) is 5.82 Å². The Balaban J connectivity index is 2.46. The van der Waals surface area contributed by atoms with Gasteiger partial charge in [0.05, 0.1) is 10.9 Å². The fourth-order valence-electron chi connectivity index (χ4n) is 1.22. The summed E-state index contributed by atoms with van der Waals surface area (Å²) in [6.45, 7) is 1.33. The van der Waals surface area contributed by atoms with Crippen molar-refractivity contribution in [2.75, 3.05) is 20.1 Å². The van der Waals surface area contributed by atoms with E-state index in [4.69, 9.17) is 0 Å². The van der Waals surface area contributed by atoms with E-state index in [2.05, 4.69) is 26.6 Å². The van der Waals surface area contributed by atoms with Crippen molar-refractivity contribution in [3.8, 4) is 0 Å². The van der Waals surface area contributed by atoms with E-state index in [1.54, 1.807) is 12.1 Å². The molecule has 0 unspecified atom stereocenters. The van der Waals surface area contributed by atoms with E-state index in [1.807, 2.05) is 7.05 Å². The zero-order chi connectivity index (χ0) is 12.0. The van der Waals surface area contributed by atoms with Crippen LogP contribution < -0.4 is 10.6 Å². The lowest BCUT2D eigenvalue weighted by atomic mass is 10.1. The minimum Gasteiger partial charge on any atom is -0.355 e. The number of amides is 1. The van der Waals surface area contributed by atoms with Crippen LogP contribution in [-0.4, -0.2) is 26.0 Å². The first-order chi connectivity index (χ1) is 7.63. The van der Waals surface area contributed by atoms with E-state index >= 15 is 0 Å². The maximum Gasteiger partial charge on any atom is 0.224 e. The molecule has 5 heteroatoms. The minimum atomic E-state index is -0.320. The van der Waals surface area contributed by atoms with Gasteiger partial charge in [0, 0.05) is 13.1 Å². The number of rotatable bonds is 5. The Kier molecular flexibility index (Phi) is 5.42. The third-order valence-corrected chi connectivity index (χ3v) is 2.65. The van der Waals surface area contributed by atoms with E-state index < -0.39 is 0 Å². The topological polar surface area (TPSA) is 41.1 Å². The molecule has 0 aliphatic carbocycles. The molecule has 0 saturated heterocycles. The molecule has 1 amide bonds. The maximum absolute atomic E-state index is 12.9. The van der Waals surface area contributed by atoms with Gasteiger partial charge in [-0.2, -0.15) is 0 Å². The highest BCUT2D eigenvalue weighted by Gasteiger charge is 2.05. The molecular formula is C11H14BrFN2O. The summed E-state index contributed by atoms with van der Waals surface area (Å²) in [7, 11) is 1.82. The van der Waals surface area contributed by atoms with Crippen molar-refractivity contribution in [1.82, 2.24) is 10.6 Å². The second-order valence-corrected chi connectivity index (χ2v) is 4.23. The van der Waals surface area contributed by atoms with Crippen LogP contribution in [0, 0.1) is 5.82 Å². The third-order valence-electron chi connectivity index (χ3n) is 2.05. The molecule has 0 heterocycles. The van der Waals surface area contributed by atoms with Crippen LogP contribution >= 0.6 is 15.9 Å². The van der Waals surface area contributed by atoms with Gasteiger partial charge < -0.3 is 10.6 Å². The summed E-state index contributed by atoms with van der Waals surface area (Å²) >= 11 is 3.08. The molecule has 0 aromatic heterocycles. The van der Waals surface area contributed by atoms with Crippen LogP contribution in [0.5, 0.6) is 0 Å². The summed E-state index contributed by atoms with van der Waals surface area (Å²) in [6.07, 6.45) is 0.266. The smallest absolute Gasteiger partial charge is 0.224 e. The quantitative estimate of drug-likeness (QED) is 0.806. The number of nitrogens with one attached hydrogen (secondary N) is 2. The lowest BCUT2D eigenvalue weighted by Crippen LogP contribution is -2.31. The zero-order valence-corrected chi connectivity index (χ0v) is 10.6. The number of halogens is 2. The van der Waals surface area contributed by atoms with Crippen molar-refractivity contribution < 1.29 is 9.18 Å². The molecule has 0 aliphatic heterocycles. The highest BCUT2D eigenvalue weighted by atomic mass is 79.9. The molecule has 88 valence electrons. The van der Waals surface area contributed by atoms with Crippen molar-refractivity contribution in [3.05, 3.63) is 34.1 Å². The van der Waals surface area contributed by atoms with E-state index in [9.17, 15) is 9.18 Å². The number of benzene rings is 1. The van der Waals surface area contributed by atoms with Crippen molar-refractivity contribution in [1.29, 1.82) is 0 Å². The lowest BCUT2D eigenvalue weighted by Gasteiger charge is -2.05. The zero-order valence-electron chi connectivity index (χ0n) is 9.02.